The Morgan fingerprint density at radius 3 is 2.80 bits per heavy atom. The minimum absolute atomic E-state index is 0.104. The van der Waals surface area contributed by atoms with Crippen molar-refractivity contribution in [2.75, 3.05) is 0 Å². The van der Waals surface area contributed by atoms with Gasteiger partial charge in [-0.3, -0.25) is 0 Å². The lowest BCUT2D eigenvalue weighted by Crippen LogP contribution is -1.94. The summed E-state index contributed by atoms with van der Waals surface area (Å²) in [5.41, 5.74) is 2.25. The Labute approximate surface area is 116 Å². The second kappa shape index (κ2) is 6.80. The summed E-state index contributed by atoms with van der Waals surface area (Å²) < 4.78 is 26.3. The second-order valence-corrected chi connectivity index (χ2v) is 4.34. The molecule has 0 spiro atoms. The van der Waals surface area contributed by atoms with E-state index in [2.05, 4.69) is 12.1 Å². The Kier molecular flexibility index (Phi) is 4.82. The minimum atomic E-state index is -0.505. The molecule has 2 aromatic carbocycles. The quantitative estimate of drug-likeness (QED) is 0.595. The Morgan fingerprint density at radius 1 is 1.15 bits per heavy atom. The highest BCUT2D eigenvalue weighted by Gasteiger charge is 2.03. The monoisotopic (exact) mass is 275 g/mol. The molecular weight excluding hydrogens is 260 g/mol. The third kappa shape index (κ3) is 3.88. The van der Waals surface area contributed by atoms with Gasteiger partial charge in [-0.15, -0.1) is 0 Å². The highest BCUT2D eigenvalue weighted by atomic mass is 19.1. The van der Waals surface area contributed by atoms with Gasteiger partial charge >= 0.3 is 0 Å². The molecule has 0 unspecified atom stereocenters. The average molecular weight is 275 g/mol. The molecule has 0 aliphatic carbocycles. The standard InChI is InChI=1S/C16H15F2NO/c1-2-12-4-3-5-13(8-12)10-19-20-11-14-9-15(17)6-7-16(14)18/h3-10H,2,11H2,1H3. The highest BCUT2D eigenvalue weighted by Crippen LogP contribution is 2.11. The molecule has 2 nitrogen and oxygen atoms in total. The van der Waals surface area contributed by atoms with Gasteiger partial charge in [-0.2, -0.15) is 0 Å². The smallest absolute Gasteiger partial charge is 0.145 e. The van der Waals surface area contributed by atoms with Crippen LogP contribution in [0.4, 0.5) is 8.78 Å². The summed E-state index contributed by atoms with van der Waals surface area (Å²) in [7, 11) is 0. The van der Waals surface area contributed by atoms with Crippen LogP contribution in [0.1, 0.15) is 23.6 Å². The highest BCUT2D eigenvalue weighted by molar-refractivity contribution is 5.79. The summed E-state index contributed by atoms with van der Waals surface area (Å²) in [6.07, 6.45) is 2.49. The predicted octanol–water partition coefficient (Wildman–Crippen LogP) is 4.08. The fraction of sp³-hybridized carbons (Fsp3) is 0.188. The molecule has 4 heteroatoms. The van der Waals surface area contributed by atoms with Gasteiger partial charge in [0.05, 0.1) is 6.21 Å². The SMILES string of the molecule is CCc1cccc(C=NOCc2cc(F)ccc2F)c1. The molecule has 0 bridgehead atoms. The molecule has 2 aromatic rings. The largest absolute Gasteiger partial charge is 0.391 e. The van der Waals surface area contributed by atoms with Crippen molar-refractivity contribution in [3.05, 3.63) is 70.8 Å². The first-order valence-electron chi connectivity index (χ1n) is 6.37. The van der Waals surface area contributed by atoms with Crippen molar-refractivity contribution in [3.63, 3.8) is 0 Å². The number of hydrogen-bond donors (Lipinski definition) is 0. The maximum absolute atomic E-state index is 13.3. The number of benzene rings is 2. The third-order valence-corrected chi connectivity index (χ3v) is 2.86. The summed E-state index contributed by atoms with van der Waals surface area (Å²) in [5, 5.41) is 3.77. The van der Waals surface area contributed by atoms with Crippen LogP contribution >= 0.6 is 0 Å². The molecule has 0 saturated carbocycles. The van der Waals surface area contributed by atoms with E-state index in [0.29, 0.717) is 0 Å². The number of hydrogen-bond acceptors (Lipinski definition) is 2. The minimum Gasteiger partial charge on any atom is -0.391 e. The van der Waals surface area contributed by atoms with Crippen LogP contribution in [0.15, 0.2) is 47.6 Å². The van der Waals surface area contributed by atoms with E-state index in [1.807, 2.05) is 24.3 Å². The van der Waals surface area contributed by atoms with Gasteiger partial charge in [0.1, 0.15) is 18.2 Å². The van der Waals surface area contributed by atoms with E-state index in [1.54, 1.807) is 6.21 Å². The van der Waals surface area contributed by atoms with Crippen molar-refractivity contribution in [3.8, 4) is 0 Å². The third-order valence-electron chi connectivity index (χ3n) is 2.86. The van der Waals surface area contributed by atoms with E-state index in [4.69, 9.17) is 4.84 Å². The first-order valence-corrected chi connectivity index (χ1v) is 6.37. The molecule has 0 fully saturated rings. The number of nitrogens with zero attached hydrogens (tertiary/aromatic N) is 1. The molecule has 20 heavy (non-hydrogen) atoms. The van der Waals surface area contributed by atoms with E-state index in [1.165, 1.54) is 5.56 Å². The maximum atomic E-state index is 13.3. The van der Waals surface area contributed by atoms with Crippen LogP contribution in [0.3, 0.4) is 0 Å². The first kappa shape index (κ1) is 14.2. The predicted molar refractivity (Wildman–Crippen MR) is 74.6 cm³/mol. The molecule has 0 N–H and O–H groups in total. The Morgan fingerprint density at radius 2 is 2.00 bits per heavy atom. The molecule has 0 atom stereocenters. The van der Waals surface area contributed by atoms with Gasteiger partial charge in [0.15, 0.2) is 0 Å². The number of halogens is 2. The number of rotatable bonds is 5. The fourth-order valence-corrected chi connectivity index (χ4v) is 1.75. The van der Waals surface area contributed by atoms with Gasteiger partial charge in [-0.05, 0) is 35.7 Å². The molecule has 104 valence electrons. The van der Waals surface area contributed by atoms with Crippen LogP contribution in [-0.2, 0) is 17.9 Å². The van der Waals surface area contributed by atoms with Crippen LogP contribution in [0.2, 0.25) is 0 Å². The van der Waals surface area contributed by atoms with Crippen molar-refractivity contribution in [1.82, 2.24) is 0 Å². The van der Waals surface area contributed by atoms with Gasteiger partial charge in [0.25, 0.3) is 0 Å². The topological polar surface area (TPSA) is 21.6 Å². The zero-order chi connectivity index (χ0) is 14.4. The molecule has 0 aliphatic rings. The molecule has 0 aliphatic heterocycles. The van der Waals surface area contributed by atoms with E-state index in [9.17, 15) is 8.78 Å². The summed E-state index contributed by atoms with van der Waals surface area (Å²) in [6.45, 7) is 1.97. The summed E-state index contributed by atoms with van der Waals surface area (Å²) in [5.74, 6) is -1.00. The normalized spacial score (nSPS) is 10.9. The van der Waals surface area contributed by atoms with Gasteiger partial charge in [0.2, 0.25) is 0 Å². The van der Waals surface area contributed by atoms with E-state index in [-0.39, 0.29) is 12.2 Å². The van der Waals surface area contributed by atoms with Crippen LogP contribution in [0.25, 0.3) is 0 Å². The lowest BCUT2D eigenvalue weighted by Gasteiger charge is -2.02. The molecule has 2 rings (SSSR count). The molecule has 0 amide bonds. The van der Waals surface area contributed by atoms with E-state index < -0.39 is 11.6 Å². The zero-order valence-corrected chi connectivity index (χ0v) is 11.1. The summed E-state index contributed by atoms with van der Waals surface area (Å²) >= 11 is 0. The van der Waals surface area contributed by atoms with Crippen LogP contribution in [0.5, 0.6) is 0 Å². The Bertz CT molecular complexity index is 611. The lowest BCUT2D eigenvalue weighted by molar-refractivity contribution is 0.129. The fourth-order valence-electron chi connectivity index (χ4n) is 1.75. The second-order valence-electron chi connectivity index (χ2n) is 4.34. The zero-order valence-electron chi connectivity index (χ0n) is 11.1. The van der Waals surface area contributed by atoms with Crippen LogP contribution < -0.4 is 0 Å². The van der Waals surface area contributed by atoms with Gasteiger partial charge in [0, 0.05) is 5.56 Å². The number of oxime groups is 1. The van der Waals surface area contributed by atoms with Crippen molar-refractivity contribution in [1.29, 1.82) is 0 Å². The van der Waals surface area contributed by atoms with Crippen LogP contribution in [-0.4, -0.2) is 6.21 Å². The Balaban J connectivity index is 1.95. The molecule has 0 aromatic heterocycles. The van der Waals surface area contributed by atoms with Crippen molar-refractivity contribution in [2.45, 2.75) is 20.0 Å². The molecular formula is C16H15F2NO. The Hall–Kier alpha value is -2.23. The molecule has 0 radical (unpaired) electrons. The maximum Gasteiger partial charge on any atom is 0.145 e. The average Bonchev–Trinajstić information content (AvgIpc) is 2.47. The van der Waals surface area contributed by atoms with E-state index in [0.717, 1.165) is 30.2 Å². The van der Waals surface area contributed by atoms with Gasteiger partial charge in [-0.1, -0.05) is 36.3 Å². The van der Waals surface area contributed by atoms with Gasteiger partial charge < -0.3 is 4.84 Å². The van der Waals surface area contributed by atoms with Crippen molar-refractivity contribution < 1.29 is 13.6 Å². The first-order chi connectivity index (χ1) is 9.69. The number of aryl methyl sites for hydroxylation is 1. The molecule has 0 heterocycles. The van der Waals surface area contributed by atoms with Crippen molar-refractivity contribution >= 4 is 6.21 Å². The van der Waals surface area contributed by atoms with Crippen molar-refractivity contribution in [2.24, 2.45) is 5.16 Å². The summed E-state index contributed by atoms with van der Waals surface area (Å²) in [6, 6.07) is 11.1. The van der Waals surface area contributed by atoms with Gasteiger partial charge in [-0.25, -0.2) is 8.78 Å². The van der Waals surface area contributed by atoms with E-state index >= 15 is 0 Å². The molecule has 0 saturated heterocycles. The lowest BCUT2D eigenvalue weighted by atomic mass is 10.1. The summed E-state index contributed by atoms with van der Waals surface area (Å²) in [4.78, 5) is 5.00. The van der Waals surface area contributed by atoms with Crippen LogP contribution in [0, 0.1) is 11.6 Å².